The van der Waals surface area contributed by atoms with E-state index >= 15 is 0 Å². The van der Waals surface area contributed by atoms with Gasteiger partial charge in [0.2, 0.25) is 0 Å². The topological polar surface area (TPSA) is 41.9 Å². The zero-order valence-corrected chi connectivity index (χ0v) is 15.6. The Bertz CT molecular complexity index is 822. The minimum Gasteiger partial charge on any atom is -0.461 e. The van der Waals surface area contributed by atoms with Gasteiger partial charge < -0.3 is 4.74 Å². The van der Waals surface area contributed by atoms with Crippen LogP contribution in [0.4, 0.5) is 5.69 Å². The molecule has 0 amide bonds. The van der Waals surface area contributed by atoms with E-state index in [1.54, 1.807) is 42.3 Å². The molecular weight excluding hydrogens is 383 g/mol. The Labute approximate surface area is 160 Å². The number of ether oxygens (including phenoxy) is 1. The van der Waals surface area contributed by atoms with E-state index < -0.39 is 5.97 Å². The molecule has 1 heterocycles. The first kappa shape index (κ1) is 18.1. The van der Waals surface area contributed by atoms with E-state index in [-0.39, 0.29) is 6.04 Å². The maximum Gasteiger partial charge on any atom is 0.354 e. The highest BCUT2D eigenvalue weighted by molar-refractivity contribution is 6.38. The molecule has 0 N–H and O–H groups in total. The molecule has 1 atom stereocenters. The molecular formula is C18H15Cl3N2O2. The third kappa shape index (κ3) is 3.92. The van der Waals surface area contributed by atoms with Crippen LogP contribution in [0.2, 0.25) is 15.1 Å². The van der Waals surface area contributed by atoms with Crippen LogP contribution in [-0.4, -0.2) is 18.3 Å². The van der Waals surface area contributed by atoms with Crippen molar-refractivity contribution >= 4 is 52.2 Å². The van der Waals surface area contributed by atoms with Crippen molar-refractivity contribution in [3.8, 4) is 0 Å². The van der Waals surface area contributed by atoms with Crippen LogP contribution in [0.3, 0.4) is 0 Å². The molecule has 0 bridgehead atoms. The highest BCUT2D eigenvalue weighted by Crippen LogP contribution is 2.39. The van der Waals surface area contributed by atoms with Gasteiger partial charge in [-0.15, -0.1) is 0 Å². The van der Waals surface area contributed by atoms with Crippen LogP contribution in [0.15, 0.2) is 47.6 Å². The lowest BCUT2D eigenvalue weighted by Crippen LogP contribution is -2.19. The summed E-state index contributed by atoms with van der Waals surface area (Å²) in [7, 11) is 0. The summed E-state index contributed by atoms with van der Waals surface area (Å²) in [6.07, 6.45) is 0.416. The fraction of sp³-hybridized carbons (Fsp3) is 0.222. The van der Waals surface area contributed by atoms with Crippen molar-refractivity contribution in [2.75, 3.05) is 11.6 Å². The van der Waals surface area contributed by atoms with E-state index in [1.165, 1.54) is 0 Å². The molecule has 130 valence electrons. The minimum atomic E-state index is -0.422. The molecule has 0 saturated carbocycles. The fourth-order valence-electron chi connectivity index (χ4n) is 2.68. The van der Waals surface area contributed by atoms with Crippen molar-refractivity contribution in [1.29, 1.82) is 0 Å². The van der Waals surface area contributed by atoms with Crippen molar-refractivity contribution in [3.05, 3.63) is 63.1 Å². The second-order valence-electron chi connectivity index (χ2n) is 5.48. The number of halogens is 3. The largest absolute Gasteiger partial charge is 0.461 e. The minimum absolute atomic E-state index is 0.185. The van der Waals surface area contributed by atoms with Crippen molar-refractivity contribution < 1.29 is 9.53 Å². The highest BCUT2D eigenvalue weighted by atomic mass is 35.5. The molecule has 3 rings (SSSR count). The van der Waals surface area contributed by atoms with E-state index in [0.717, 1.165) is 5.56 Å². The summed E-state index contributed by atoms with van der Waals surface area (Å²) in [5.41, 5.74) is 2.00. The second-order valence-corrected chi connectivity index (χ2v) is 6.76. The van der Waals surface area contributed by atoms with Gasteiger partial charge in [-0.05, 0) is 42.8 Å². The summed E-state index contributed by atoms with van der Waals surface area (Å²) >= 11 is 18.3. The Balaban J connectivity index is 2.01. The first-order chi connectivity index (χ1) is 12.0. The normalized spacial score (nSPS) is 16.7. The quantitative estimate of drug-likeness (QED) is 0.638. The van der Waals surface area contributed by atoms with Gasteiger partial charge in [-0.1, -0.05) is 46.9 Å². The molecule has 4 nitrogen and oxygen atoms in total. The maximum absolute atomic E-state index is 12.1. The monoisotopic (exact) mass is 396 g/mol. The molecule has 25 heavy (non-hydrogen) atoms. The van der Waals surface area contributed by atoms with Gasteiger partial charge in [-0.3, -0.25) is 5.01 Å². The third-order valence-corrected chi connectivity index (χ3v) is 4.62. The Morgan fingerprint density at radius 3 is 2.48 bits per heavy atom. The van der Waals surface area contributed by atoms with Crippen molar-refractivity contribution in [1.82, 2.24) is 0 Å². The summed E-state index contributed by atoms with van der Waals surface area (Å²) in [5, 5.41) is 7.83. The van der Waals surface area contributed by atoms with Crippen LogP contribution >= 0.6 is 34.8 Å². The number of hydrogen-bond donors (Lipinski definition) is 0. The maximum atomic E-state index is 12.1. The van der Waals surface area contributed by atoms with Gasteiger partial charge in [0.15, 0.2) is 0 Å². The predicted octanol–water partition coefficient (Wildman–Crippen LogP) is 5.52. The average molecular weight is 398 g/mol. The molecule has 2 aromatic carbocycles. The van der Waals surface area contributed by atoms with Crippen LogP contribution in [0.25, 0.3) is 0 Å². The van der Waals surface area contributed by atoms with Crippen LogP contribution < -0.4 is 5.01 Å². The fourth-order valence-corrected chi connectivity index (χ4v) is 3.30. The Kier molecular flexibility index (Phi) is 5.52. The molecule has 1 aliphatic rings. The van der Waals surface area contributed by atoms with E-state index in [9.17, 15) is 4.79 Å². The summed E-state index contributed by atoms with van der Waals surface area (Å²) in [6, 6.07) is 12.4. The van der Waals surface area contributed by atoms with E-state index in [4.69, 9.17) is 39.5 Å². The van der Waals surface area contributed by atoms with Crippen LogP contribution in [0.5, 0.6) is 0 Å². The molecule has 0 radical (unpaired) electrons. The van der Waals surface area contributed by atoms with Gasteiger partial charge in [0.05, 0.1) is 23.4 Å². The van der Waals surface area contributed by atoms with Gasteiger partial charge in [0.1, 0.15) is 5.71 Å². The van der Waals surface area contributed by atoms with Crippen molar-refractivity contribution in [3.63, 3.8) is 0 Å². The molecule has 0 aliphatic carbocycles. The first-order valence-corrected chi connectivity index (χ1v) is 8.87. The number of carbonyl (C=O) groups excluding carboxylic acids is 1. The molecule has 2 aromatic rings. The van der Waals surface area contributed by atoms with Crippen LogP contribution in [0.1, 0.15) is 24.9 Å². The SMILES string of the molecule is CCOC(=O)C1=NN(c2ccc(Cl)cc2Cl)[C@@H](c2ccc(Cl)cc2)C1. The predicted molar refractivity (Wildman–Crippen MR) is 102 cm³/mol. The van der Waals surface area contributed by atoms with E-state index in [0.29, 0.717) is 39.5 Å². The summed E-state index contributed by atoms with van der Waals surface area (Å²) in [5.74, 6) is -0.422. The Morgan fingerprint density at radius 1 is 1.16 bits per heavy atom. The Morgan fingerprint density at radius 2 is 1.84 bits per heavy atom. The van der Waals surface area contributed by atoms with Gasteiger partial charge in [-0.2, -0.15) is 5.10 Å². The number of carbonyl (C=O) groups is 1. The highest BCUT2D eigenvalue weighted by Gasteiger charge is 2.34. The average Bonchev–Trinajstić information content (AvgIpc) is 3.01. The first-order valence-electron chi connectivity index (χ1n) is 7.74. The number of rotatable bonds is 4. The number of esters is 1. The molecule has 0 aromatic heterocycles. The summed E-state index contributed by atoms with van der Waals surface area (Å²) in [6.45, 7) is 2.06. The number of hydrazone groups is 1. The lowest BCUT2D eigenvalue weighted by Gasteiger charge is -2.25. The van der Waals surface area contributed by atoms with E-state index in [2.05, 4.69) is 5.10 Å². The number of hydrogen-bond acceptors (Lipinski definition) is 4. The van der Waals surface area contributed by atoms with Crippen molar-refractivity contribution in [2.45, 2.75) is 19.4 Å². The lowest BCUT2D eigenvalue weighted by atomic mass is 10.0. The molecule has 0 fully saturated rings. The van der Waals surface area contributed by atoms with Crippen LogP contribution in [-0.2, 0) is 9.53 Å². The lowest BCUT2D eigenvalue weighted by molar-refractivity contribution is -0.135. The van der Waals surface area contributed by atoms with Gasteiger partial charge in [-0.25, -0.2) is 4.79 Å². The van der Waals surface area contributed by atoms with Gasteiger partial charge in [0.25, 0.3) is 0 Å². The molecule has 0 saturated heterocycles. The summed E-state index contributed by atoms with van der Waals surface area (Å²) < 4.78 is 5.09. The molecule has 1 aliphatic heterocycles. The number of benzene rings is 2. The second kappa shape index (κ2) is 7.65. The van der Waals surface area contributed by atoms with Gasteiger partial charge >= 0.3 is 5.97 Å². The van der Waals surface area contributed by atoms with E-state index in [1.807, 2.05) is 12.1 Å². The zero-order chi connectivity index (χ0) is 18.0. The zero-order valence-electron chi connectivity index (χ0n) is 13.4. The number of nitrogens with zero attached hydrogens (tertiary/aromatic N) is 2. The smallest absolute Gasteiger partial charge is 0.354 e. The Hall–Kier alpha value is -1.75. The molecule has 7 heteroatoms. The van der Waals surface area contributed by atoms with Crippen LogP contribution in [0, 0.1) is 0 Å². The van der Waals surface area contributed by atoms with Gasteiger partial charge in [0, 0.05) is 16.5 Å². The molecule has 0 unspecified atom stereocenters. The van der Waals surface area contributed by atoms with Crippen molar-refractivity contribution in [2.24, 2.45) is 5.10 Å². The summed E-state index contributed by atoms with van der Waals surface area (Å²) in [4.78, 5) is 12.1. The molecule has 0 spiro atoms. The number of anilines is 1. The standard InChI is InChI=1S/C18H15Cl3N2O2/c1-2-25-18(24)15-10-17(11-3-5-12(19)6-4-11)23(22-15)16-8-7-13(20)9-14(16)21/h3-9,17H,2,10H2,1H3/t17-/m1/s1. The third-order valence-electron chi connectivity index (χ3n) is 3.83.